The first kappa shape index (κ1) is 10.9. The molecule has 0 bridgehead atoms. The van der Waals surface area contributed by atoms with Crippen molar-refractivity contribution in [1.82, 2.24) is 0 Å². The van der Waals surface area contributed by atoms with Crippen molar-refractivity contribution in [3.05, 3.63) is 0 Å². The molecular formula is C8H18O3. The van der Waals surface area contributed by atoms with E-state index in [1.807, 2.05) is 13.8 Å². The van der Waals surface area contributed by atoms with Crippen LogP contribution >= 0.6 is 0 Å². The summed E-state index contributed by atoms with van der Waals surface area (Å²) < 4.78 is 15.3. The third kappa shape index (κ3) is 6.28. The third-order valence-corrected chi connectivity index (χ3v) is 1.51. The maximum atomic E-state index is 5.29. The second-order valence-corrected chi connectivity index (χ2v) is 2.63. The molecule has 68 valence electrons. The third-order valence-electron chi connectivity index (χ3n) is 1.51. The molecule has 0 aromatic rings. The molecule has 0 fully saturated rings. The van der Waals surface area contributed by atoms with Crippen LogP contribution in [-0.2, 0) is 14.2 Å². The molecule has 0 aliphatic heterocycles. The van der Waals surface area contributed by atoms with Crippen LogP contribution in [0.5, 0.6) is 0 Å². The molecule has 0 aromatic heterocycles. The van der Waals surface area contributed by atoms with Gasteiger partial charge in [-0.05, 0) is 13.8 Å². The van der Waals surface area contributed by atoms with Gasteiger partial charge in [0.1, 0.15) is 0 Å². The molecule has 0 saturated carbocycles. The predicted molar refractivity (Wildman–Crippen MR) is 43.8 cm³/mol. The number of ether oxygens (including phenoxy) is 3. The second kappa shape index (κ2) is 6.58. The minimum atomic E-state index is 0.166. The molecule has 0 rings (SSSR count). The molecule has 0 aliphatic rings. The lowest BCUT2D eigenvalue weighted by Crippen LogP contribution is -2.20. The van der Waals surface area contributed by atoms with Crippen LogP contribution in [0.15, 0.2) is 0 Å². The molecule has 0 spiro atoms. The Morgan fingerprint density at radius 1 is 0.909 bits per heavy atom. The Morgan fingerprint density at radius 2 is 1.27 bits per heavy atom. The molecule has 0 unspecified atom stereocenters. The average molecular weight is 162 g/mol. The van der Waals surface area contributed by atoms with E-state index < -0.39 is 0 Å². The van der Waals surface area contributed by atoms with Crippen LogP contribution in [0.2, 0.25) is 0 Å². The first-order valence-corrected chi connectivity index (χ1v) is 3.84. The number of hydrogen-bond acceptors (Lipinski definition) is 3. The minimum Gasteiger partial charge on any atom is -0.379 e. The Kier molecular flexibility index (Phi) is 6.51. The molecule has 0 radical (unpaired) electrons. The Labute approximate surface area is 68.6 Å². The van der Waals surface area contributed by atoms with E-state index in [1.165, 1.54) is 0 Å². The summed E-state index contributed by atoms with van der Waals surface area (Å²) >= 11 is 0. The minimum absolute atomic E-state index is 0.166. The maximum Gasteiger partial charge on any atom is 0.0776 e. The van der Waals surface area contributed by atoms with E-state index in [0.29, 0.717) is 13.2 Å². The standard InChI is InChI=1S/C8H18O3/c1-7(9-3)5-11-6-8(2)10-4/h7-8H,5-6H2,1-4H3/t7-,8-/m1/s1. The fourth-order valence-corrected chi connectivity index (χ4v) is 0.536. The van der Waals surface area contributed by atoms with Gasteiger partial charge >= 0.3 is 0 Å². The summed E-state index contributed by atoms with van der Waals surface area (Å²) in [5.41, 5.74) is 0. The Balaban J connectivity index is 3.13. The second-order valence-electron chi connectivity index (χ2n) is 2.63. The highest BCUT2D eigenvalue weighted by atomic mass is 16.5. The molecule has 3 nitrogen and oxygen atoms in total. The van der Waals surface area contributed by atoms with E-state index in [9.17, 15) is 0 Å². The Morgan fingerprint density at radius 3 is 1.55 bits per heavy atom. The van der Waals surface area contributed by atoms with Crippen LogP contribution in [0, 0.1) is 0 Å². The quantitative estimate of drug-likeness (QED) is 0.584. The molecule has 0 amide bonds. The molecule has 0 saturated heterocycles. The normalized spacial score (nSPS) is 16.4. The van der Waals surface area contributed by atoms with Crippen molar-refractivity contribution in [2.45, 2.75) is 26.1 Å². The summed E-state index contributed by atoms with van der Waals surface area (Å²) in [5, 5.41) is 0. The van der Waals surface area contributed by atoms with Crippen molar-refractivity contribution < 1.29 is 14.2 Å². The SMILES string of the molecule is CO[C@H](C)COC[C@@H](C)OC. The van der Waals surface area contributed by atoms with Gasteiger partial charge in [-0.3, -0.25) is 0 Å². The lowest BCUT2D eigenvalue weighted by molar-refractivity contribution is -0.0237. The van der Waals surface area contributed by atoms with E-state index in [1.54, 1.807) is 14.2 Å². The summed E-state index contributed by atoms with van der Waals surface area (Å²) in [6.45, 7) is 5.20. The first-order valence-electron chi connectivity index (χ1n) is 3.84. The lowest BCUT2D eigenvalue weighted by Gasteiger charge is -2.13. The molecule has 0 aromatic carbocycles. The molecular weight excluding hydrogens is 144 g/mol. The van der Waals surface area contributed by atoms with Crippen LogP contribution in [0.1, 0.15) is 13.8 Å². The zero-order chi connectivity index (χ0) is 8.69. The van der Waals surface area contributed by atoms with Crippen molar-refractivity contribution in [1.29, 1.82) is 0 Å². The fourth-order valence-electron chi connectivity index (χ4n) is 0.536. The first-order chi connectivity index (χ1) is 5.20. The van der Waals surface area contributed by atoms with E-state index >= 15 is 0 Å². The summed E-state index contributed by atoms with van der Waals surface area (Å²) in [7, 11) is 3.35. The number of hydrogen-bond donors (Lipinski definition) is 0. The highest BCUT2D eigenvalue weighted by Crippen LogP contribution is 1.92. The topological polar surface area (TPSA) is 27.7 Å². The zero-order valence-corrected chi connectivity index (χ0v) is 7.79. The molecule has 2 atom stereocenters. The van der Waals surface area contributed by atoms with Crippen molar-refractivity contribution in [3.8, 4) is 0 Å². The summed E-state index contributed by atoms with van der Waals surface area (Å²) in [6, 6.07) is 0. The number of methoxy groups -OCH3 is 2. The number of rotatable bonds is 6. The van der Waals surface area contributed by atoms with Gasteiger partial charge < -0.3 is 14.2 Å². The average Bonchev–Trinajstić information content (AvgIpc) is 2.04. The van der Waals surface area contributed by atoms with Crippen LogP contribution in [-0.4, -0.2) is 39.6 Å². The monoisotopic (exact) mass is 162 g/mol. The van der Waals surface area contributed by atoms with E-state index in [0.717, 1.165) is 0 Å². The van der Waals surface area contributed by atoms with Crippen molar-refractivity contribution in [3.63, 3.8) is 0 Å². The van der Waals surface area contributed by atoms with E-state index in [2.05, 4.69) is 0 Å². The van der Waals surface area contributed by atoms with Crippen LogP contribution in [0.3, 0.4) is 0 Å². The summed E-state index contributed by atoms with van der Waals surface area (Å²) in [4.78, 5) is 0. The van der Waals surface area contributed by atoms with Gasteiger partial charge in [0.15, 0.2) is 0 Å². The largest absolute Gasteiger partial charge is 0.379 e. The van der Waals surface area contributed by atoms with Crippen LogP contribution in [0.25, 0.3) is 0 Å². The van der Waals surface area contributed by atoms with Crippen molar-refractivity contribution in [2.24, 2.45) is 0 Å². The van der Waals surface area contributed by atoms with E-state index in [-0.39, 0.29) is 12.2 Å². The van der Waals surface area contributed by atoms with Gasteiger partial charge in [-0.1, -0.05) is 0 Å². The van der Waals surface area contributed by atoms with Gasteiger partial charge in [0.25, 0.3) is 0 Å². The highest BCUT2D eigenvalue weighted by Gasteiger charge is 2.02. The Hall–Kier alpha value is -0.120. The molecule has 11 heavy (non-hydrogen) atoms. The molecule has 0 heterocycles. The van der Waals surface area contributed by atoms with Gasteiger partial charge in [-0.2, -0.15) is 0 Å². The summed E-state index contributed by atoms with van der Waals surface area (Å²) in [6.07, 6.45) is 0.332. The van der Waals surface area contributed by atoms with Gasteiger partial charge in [0.05, 0.1) is 25.4 Å². The Bertz CT molecular complexity index is 75.4. The van der Waals surface area contributed by atoms with Gasteiger partial charge in [0, 0.05) is 14.2 Å². The maximum absolute atomic E-state index is 5.29. The lowest BCUT2D eigenvalue weighted by atomic mass is 10.4. The zero-order valence-electron chi connectivity index (χ0n) is 7.79. The molecule has 0 aliphatic carbocycles. The summed E-state index contributed by atoms with van der Waals surface area (Å²) in [5.74, 6) is 0. The molecule has 0 N–H and O–H groups in total. The van der Waals surface area contributed by atoms with Gasteiger partial charge in [-0.25, -0.2) is 0 Å². The highest BCUT2D eigenvalue weighted by molar-refractivity contribution is 4.48. The van der Waals surface area contributed by atoms with Gasteiger partial charge in [-0.15, -0.1) is 0 Å². The predicted octanol–water partition coefficient (Wildman–Crippen LogP) is 1.07. The smallest absolute Gasteiger partial charge is 0.0776 e. The van der Waals surface area contributed by atoms with Crippen molar-refractivity contribution >= 4 is 0 Å². The fraction of sp³-hybridized carbons (Fsp3) is 1.00. The van der Waals surface area contributed by atoms with Gasteiger partial charge in [0.2, 0.25) is 0 Å². The molecule has 3 heteroatoms. The van der Waals surface area contributed by atoms with E-state index in [4.69, 9.17) is 14.2 Å². The van der Waals surface area contributed by atoms with Crippen molar-refractivity contribution in [2.75, 3.05) is 27.4 Å². The van der Waals surface area contributed by atoms with Crippen LogP contribution in [0.4, 0.5) is 0 Å². The van der Waals surface area contributed by atoms with Crippen LogP contribution < -0.4 is 0 Å².